The smallest absolute Gasteiger partial charge is 0.123 e. The molecule has 0 aromatic heterocycles. The SMILES string of the molecule is CCc1cc(O)c(CC)c(CC)c1-c1cc(O)ccc1O. The van der Waals surface area contributed by atoms with Crippen LogP contribution in [0.5, 0.6) is 17.2 Å². The summed E-state index contributed by atoms with van der Waals surface area (Å²) in [5.41, 5.74) is 4.48. The van der Waals surface area contributed by atoms with E-state index in [-0.39, 0.29) is 11.5 Å². The molecule has 112 valence electrons. The van der Waals surface area contributed by atoms with E-state index in [4.69, 9.17) is 0 Å². The number of phenolic OH excluding ortho intramolecular Hbond substituents is 3. The normalized spacial score (nSPS) is 10.8. The summed E-state index contributed by atoms with van der Waals surface area (Å²) in [7, 11) is 0. The minimum Gasteiger partial charge on any atom is -0.508 e. The van der Waals surface area contributed by atoms with Gasteiger partial charge >= 0.3 is 0 Å². The highest BCUT2D eigenvalue weighted by Crippen LogP contribution is 2.41. The van der Waals surface area contributed by atoms with Crippen LogP contribution in [0, 0.1) is 0 Å². The lowest BCUT2D eigenvalue weighted by atomic mass is 9.86. The number of hydrogen-bond acceptors (Lipinski definition) is 3. The highest BCUT2D eigenvalue weighted by atomic mass is 16.3. The molecule has 21 heavy (non-hydrogen) atoms. The van der Waals surface area contributed by atoms with Crippen LogP contribution in [0.1, 0.15) is 37.5 Å². The molecule has 0 unspecified atom stereocenters. The predicted octanol–water partition coefficient (Wildman–Crippen LogP) is 4.16. The third-order valence-electron chi connectivity index (χ3n) is 3.94. The van der Waals surface area contributed by atoms with Gasteiger partial charge in [-0.2, -0.15) is 0 Å². The van der Waals surface area contributed by atoms with Crippen molar-refractivity contribution < 1.29 is 15.3 Å². The second kappa shape index (κ2) is 6.08. The van der Waals surface area contributed by atoms with Crippen LogP contribution in [-0.2, 0) is 19.3 Å². The lowest BCUT2D eigenvalue weighted by Crippen LogP contribution is -2.01. The van der Waals surface area contributed by atoms with E-state index in [0.29, 0.717) is 11.3 Å². The zero-order valence-electron chi connectivity index (χ0n) is 12.8. The molecule has 3 nitrogen and oxygen atoms in total. The molecule has 3 N–H and O–H groups in total. The largest absolute Gasteiger partial charge is 0.508 e. The Morgan fingerprint density at radius 1 is 0.762 bits per heavy atom. The molecule has 0 radical (unpaired) electrons. The fourth-order valence-corrected chi connectivity index (χ4v) is 2.95. The number of phenols is 3. The Morgan fingerprint density at radius 2 is 1.43 bits per heavy atom. The zero-order valence-corrected chi connectivity index (χ0v) is 12.8. The maximum Gasteiger partial charge on any atom is 0.123 e. The van der Waals surface area contributed by atoms with Crippen molar-refractivity contribution in [2.45, 2.75) is 40.0 Å². The molecule has 0 aliphatic heterocycles. The van der Waals surface area contributed by atoms with E-state index in [2.05, 4.69) is 0 Å². The molecule has 2 aromatic rings. The first kappa shape index (κ1) is 15.2. The number of aromatic hydroxyl groups is 3. The van der Waals surface area contributed by atoms with Crippen LogP contribution in [-0.4, -0.2) is 15.3 Å². The van der Waals surface area contributed by atoms with Crippen molar-refractivity contribution in [1.82, 2.24) is 0 Å². The summed E-state index contributed by atoms with van der Waals surface area (Å²) in [6.07, 6.45) is 2.23. The molecule has 0 aliphatic carbocycles. The Balaban J connectivity index is 2.85. The third kappa shape index (κ3) is 2.68. The molecule has 0 fully saturated rings. The van der Waals surface area contributed by atoms with E-state index < -0.39 is 0 Å². The number of aryl methyl sites for hydroxylation is 1. The highest BCUT2D eigenvalue weighted by Gasteiger charge is 2.18. The number of rotatable bonds is 4. The molecule has 2 rings (SSSR count). The third-order valence-corrected chi connectivity index (χ3v) is 3.94. The van der Waals surface area contributed by atoms with Crippen LogP contribution in [0.3, 0.4) is 0 Å². The maximum absolute atomic E-state index is 10.2. The van der Waals surface area contributed by atoms with E-state index in [1.165, 1.54) is 12.1 Å². The summed E-state index contributed by atoms with van der Waals surface area (Å²) < 4.78 is 0. The van der Waals surface area contributed by atoms with Gasteiger partial charge in [-0.15, -0.1) is 0 Å². The van der Waals surface area contributed by atoms with Gasteiger partial charge in [-0.1, -0.05) is 20.8 Å². The number of benzene rings is 2. The Bertz CT molecular complexity index is 660. The van der Waals surface area contributed by atoms with Crippen molar-refractivity contribution in [3.05, 3.63) is 41.0 Å². The second-order valence-electron chi connectivity index (χ2n) is 5.15. The van der Waals surface area contributed by atoms with E-state index in [1.54, 1.807) is 12.1 Å². The van der Waals surface area contributed by atoms with Crippen LogP contribution in [0.4, 0.5) is 0 Å². The summed E-state index contributed by atoms with van der Waals surface area (Å²) in [5.74, 6) is 0.581. The molecular formula is C18H22O3. The first-order valence-corrected chi connectivity index (χ1v) is 7.42. The monoisotopic (exact) mass is 286 g/mol. The molecule has 0 bridgehead atoms. The van der Waals surface area contributed by atoms with Crippen LogP contribution in [0.2, 0.25) is 0 Å². The molecule has 0 saturated carbocycles. The van der Waals surface area contributed by atoms with Crippen molar-refractivity contribution in [3.8, 4) is 28.4 Å². The van der Waals surface area contributed by atoms with Gasteiger partial charge in [0.05, 0.1) is 0 Å². The summed E-state index contributed by atoms with van der Waals surface area (Å²) in [4.78, 5) is 0. The van der Waals surface area contributed by atoms with Crippen molar-refractivity contribution in [2.75, 3.05) is 0 Å². The Labute approximate surface area is 125 Å². The summed E-state index contributed by atoms with van der Waals surface area (Å²) >= 11 is 0. The minimum atomic E-state index is 0.123. The first-order valence-electron chi connectivity index (χ1n) is 7.42. The van der Waals surface area contributed by atoms with Gasteiger partial charge in [0.2, 0.25) is 0 Å². The average molecular weight is 286 g/mol. The molecule has 0 saturated heterocycles. The molecule has 0 atom stereocenters. The lowest BCUT2D eigenvalue weighted by molar-refractivity contribution is 0.461. The van der Waals surface area contributed by atoms with E-state index in [0.717, 1.165) is 41.5 Å². The molecule has 3 heteroatoms. The van der Waals surface area contributed by atoms with Crippen LogP contribution in [0.25, 0.3) is 11.1 Å². The minimum absolute atomic E-state index is 0.123. The van der Waals surface area contributed by atoms with Gasteiger partial charge < -0.3 is 15.3 Å². The fraction of sp³-hybridized carbons (Fsp3) is 0.333. The average Bonchev–Trinajstić information content (AvgIpc) is 2.48. The van der Waals surface area contributed by atoms with Gasteiger partial charge in [0.1, 0.15) is 17.2 Å². The van der Waals surface area contributed by atoms with E-state index in [1.807, 2.05) is 20.8 Å². The van der Waals surface area contributed by atoms with E-state index in [9.17, 15) is 15.3 Å². The van der Waals surface area contributed by atoms with Crippen LogP contribution in [0.15, 0.2) is 24.3 Å². The molecule has 0 amide bonds. The molecule has 2 aromatic carbocycles. The standard InChI is InChI=1S/C18H22O3/c1-4-11-9-17(21)13(5-2)14(6-3)18(11)15-10-12(19)7-8-16(15)20/h7-10,19-21H,4-6H2,1-3H3. The lowest BCUT2D eigenvalue weighted by Gasteiger charge is -2.19. The Morgan fingerprint density at radius 3 is 2.00 bits per heavy atom. The zero-order chi connectivity index (χ0) is 15.6. The second-order valence-corrected chi connectivity index (χ2v) is 5.15. The van der Waals surface area contributed by atoms with Gasteiger partial charge in [-0.05, 0) is 65.8 Å². The summed E-state index contributed by atoms with van der Waals surface area (Å²) in [6.45, 7) is 6.06. The summed E-state index contributed by atoms with van der Waals surface area (Å²) in [6, 6.07) is 6.33. The quantitative estimate of drug-likeness (QED) is 0.740. The van der Waals surface area contributed by atoms with Crippen molar-refractivity contribution in [1.29, 1.82) is 0 Å². The van der Waals surface area contributed by atoms with Crippen molar-refractivity contribution in [2.24, 2.45) is 0 Å². The fourth-order valence-electron chi connectivity index (χ4n) is 2.95. The topological polar surface area (TPSA) is 60.7 Å². The number of hydrogen-bond donors (Lipinski definition) is 3. The van der Waals surface area contributed by atoms with Crippen LogP contribution >= 0.6 is 0 Å². The van der Waals surface area contributed by atoms with Gasteiger partial charge in [-0.25, -0.2) is 0 Å². The van der Waals surface area contributed by atoms with Crippen molar-refractivity contribution in [3.63, 3.8) is 0 Å². The Kier molecular flexibility index (Phi) is 4.41. The molecule has 0 heterocycles. The van der Waals surface area contributed by atoms with Crippen molar-refractivity contribution >= 4 is 0 Å². The van der Waals surface area contributed by atoms with E-state index >= 15 is 0 Å². The predicted molar refractivity (Wildman–Crippen MR) is 85.0 cm³/mol. The van der Waals surface area contributed by atoms with Gasteiger partial charge in [-0.3, -0.25) is 0 Å². The van der Waals surface area contributed by atoms with Gasteiger partial charge in [0, 0.05) is 5.56 Å². The maximum atomic E-state index is 10.2. The summed E-state index contributed by atoms with van der Waals surface area (Å²) in [5, 5.41) is 30.2. The molecule has 0 spiro atoms. The molecule has 0 aliphatic rings. The van der Waals surface area contributed by atoms with Crippen LogP contribution < -0.4 is 0 Å². The molecular weight excluding hydrogens is 264 g/mol. The highest BCUT2D eigenvalue weighted by molar-refractivity contribution is 5.79. The Hall–Kier alpha value is -2.16. The van der Waals surface area contributed by atoms with Gasteiger partial charge in [0.15, 0.2) is 0 Å². The van der Waals surface area contributed by atoms with Gasteiger partial charge in [0.25, 0.3) is 0 Å². The first-order chi connectivity index (χ1) is 10.0.